The van der Waals surface area contributed by atoms with Crippen LogP contribution in [0.15, 0.2) is 69.0 Å². The molecule has 0 aliphatic heterocycles. The van der Waals surface area contributed by atoms with Crippen molar-refractivity contribution in [1.82, 2.24) is 4.98 Å². The molecule has 1 atom stereocenters. The van der Waals surface area contributed by atoms with Gasteiger partial charge in [0.25, 0.3) is 0 Å². The zero-order chi connectivity index (χ0) is 21.6. The van der Waals surface area contributed by atoms with Crippen LogP contribution < -0.4 is 5.73 Å². The van der Waals surface area contributed by atoms with Crippen LogP contribution in [0.1, 0.15) is 37.3 Å². The molecule has 31 heavy (non-hydrogen) atoms. The Morgan fingerprint density at radius 1 is 1.03 bits per heavy atom. The van der Waals surface area contributed by atoms with Crippen molar-refractivity contribution in [2.75, 3.05) is 13.2 Å². The molecule has 0 bridgehead atoms. The molecule has 5 N–H and O–H groups in total. The summed E-state index contributed by atoms with van der Waals surface area (Å²) in [6.45, 7) is 1.32. The molecular formula is C23H29ClN2O4S. The van der Waals surface area contributed by atoms with Gasteiger partial charge in [-0.1, -0.05) is 43.0 Å². The van der Waals surface area contributed by atoms with Gasteiger partial charge in [0.1, 0.15) is 12.0 Å². The number of halogens is 1. The smallest absolute Gasteiger partial charge is 0.194 e. The van der Waals surface area contributed by atoms with Crippen LogP contribution in [-0.2, 0) is 6.42 Å². The molecule has 0 fully saturated rings. The van der Waals surface area contributed by atoms with E-state index in [2.05, 4.69) is 11.9 Å². The van der Waals surface area contributed by atoms with Crippen LogP contribution >= 0.6 is 24.2 Å². The second-order valence-corrected chi connectivity index (χ2v) is 8.62. The van der Waals surface area contributed by atoms with Crippen molar-refractivity contribution in [2.24, 2.45) is 5.73 Å². The molecule has 3 aromatic rings. The van der Waals surface area contributed by atoms with E-state index in [4.69, 9.17) is 10.2 Å². The van der Waals surface area contributed by atoms with Crippen molar-refractivity contribution >= 4 is 24.2 Å². The molecule has 8 heteroatoms. The van der Waals surface area contributed by atoms with E-state index in [1.54, 1.807) is 18.0 Å². The van der Waals surface area contributed by atoms with Crippen molar-refractivity contribution in [3.63, 3.8) is 0 Å². The van der Waals surface area contributed by atoms with Gasteiger partial charge >= 0.3 is 0 Å². The first-order chi connectivity index (χ1) is 14.5. The predicted octanol–water partition coefficient (Wildman–Crippen LogP) is 3.97. The minimum Gasteiger partial charge on any atom is -0.448 e. The number of oxazole rings is 1. The molecule has 0 radical (unpaired) electrons. The standard InChI is InChI=1S/C23H28N2O4S.ClH/c1-2-3-22-25-20(13-29-22)16-4-8-18(9-5-16)30-19-10-6-17(7-11-19)21(28)12-23(24,14-26)15-27;/h4-11,13,21,26-28H,2-3,12,14-15,24H2,1H3;1H. The number of benzene rings is 2. The second-order valence-electron chi connectivity index (χ2n) is 7.47. The third-order valence-electron chi connectivity index (χ3n) is 4.90. The van der Waals surface area contributed by atoms with E-state index in [1.165, 1.54) is 0 Å². The van der Waals surface area contributed by atoms with E-state index < -0.39 is 24.9 Å². The molecule has 6 nitrogen and oxygen atoms in total. The Kier molecular flexibility index (Phi) is 9.55. The Hall–Kier alpha value is -1.87. The molecule has 0 spiro atoms. The van der Waals surface area contributed by atoms with Crippen molar-refractivity contribution in [1.29, 1.82) is 0 Å². The fourth-order valence-electron chi connectivity index (χ4n) is 3.04. The molecule has 0 amide bonds. The van der Waals surface area contributed by atoms with Gasteiger partial charge in [0.15, 0.2) is 5.89 Å². The minimum atomic E-state index is -1.20. The van der Waals surface area contributed by atoms with Crippen molar-refractivity contribution < 1.29 is 19.7 Å². The summed E-state index contributed by atoms with van der Waals surface area (Å²) in [6, 6.07) is 15.7. The van der Waals surface area contributed by atoms with Gasteiger partial charge in [0.2, 0.25) is 0 Å². The third-order valence-corrected chi connectivity index (χ3v) is 5.91. The van der Waals surface area contributed by atoms with Gasteiger partial charge in [-0.3, -0.25) is 0 Å². The highest BCUT2D eigenvalue weighted by Gasteiger charge is 2.27. The summed E-state index contributed by atoms with van der Waals surface area (Å²) in [7, 11) is 0. The Balaban J connectivity index is 0.00000341. The maximum absolute atomic E-state index is 10.4. The molecule has 0 saturated heterocycles. The molecule has 3 rings (SSSR count). The molecule has 1 unspecified atom stereocenters. The van der Waals surface area contributed by atoms with E-state index in [-0.39, 0.29) is 18.8 Å². The number of aryl methyl sites for hydroxylation is 1. The molecule has 1 heterocycles. The highest BCUT2D eigenvalue weighted by Crippen LogP contribution is 2.31. The van der Waals surface area contributed by atoms with Crippen LogP contribution in [0.2, 0.25) is 0 Å². The largest absolute Gasteiger partial charge is 0.448 e. The second kappa shape index (κ2) is 11.7. The number of rotatable bonds is 10. The summed E-state index contributed by atoms with van der Waals surface area (Å²) in [6.07, 6.45) is 2.76. The number of hydrogen-bond acceptors (Lipinski definition) is 7. The maximum Gasteiger partial charge on any atom is 0.194 e. The van der Waals surface area contributed by atoms with Crippen LogP contribution in [0.3, 0.4) is 0 Å². The summed E-state index contributed by atoms with van der Waals surface area (Å²) in [5, 5.41) is 28.9. The molecule has 0 aliphatic carbocycles. The van der Waals surface area contributed by atoms with E-state index in [9.17, 15) is 15.3 Å². The Morgan fingerprint density at radius 2 is 1.61 bits per heavy atom. The quantitative estimate of drug-likeness (QED) is 0.359. The lowest BCUT2D eigenvalue weighted by Crippen LogP contribution is -2.48. The first-order valence-electron chi connectivity index (χ1n) is 9.97. The number of aliphatic hydroxyl groups is 3. The summed E-state index contributed by atoms with van der Waals surface area (Å²) in [5.74, 6) is 0.762. The van der Waals surface area contributed by atoms with Crippen molar-refractivity contribution in [3.05, 3.63) is 66.2 Å². The van der Waals surface area contributed by atoms with Gasteiger partial charge in [-0.2, -0.15) is 0 Å². The van der Waals surface area contributed by atoms with E-state index in [0.29, 0.717) is 5.56 Å². The summed E-state index contributed by atoms with van der Waals surface area (Å²) in [4.78, 5) is 6.63. The first-order valence-corrected chi connectivity index (χ1v) is 10.8. The lowest BCUT2D eigenvalue weighted by Gasteiger charge is -2.27. The van der Waals surface area contributed by atoms with Crippen LogP contribution in [0.4, 0.5) is 0 Å². The highest BCUT2D eigenvalue weighted by molar-refractivity contribution is 7.99. The van der Waals surface area contributed by atoms with E-state index >= 15 is 0 Å². The number of nitrogens with two attached hydrogens (primary N) is 1. The monoisotopic (exact) mass is 464 g/mol. The van der Waals surface area contributed by atoms with Gasteiger partial charge in [-0.05, 0) is 42.7 Å². The average molecular weight is 465 g/mol. The number of nitrogens with zero attached hydrogens (tertiary/aromatic N) is 1. The Bertz CT molecular complexity index is 928. The molecule has 0 saturated carbocycles. The molecule has 2 aromatic carbocycles. The van der Waals surface area contributed by atoms with E-state index in [1.807, 2.05) is 48.5 Å². The van der Waals surface area contributed by atoms with Crippen molar-refractivity contribution in [3.8, 4) is 11.3 Å². The van der Waals surface area contributed by atoms with Crippen LogP contribution in [0.5, 0.6) is 0 Å². The average Bonchev–Trinajstić information content (AvgIpc) is 3.23. The topological polar surface area (TPSA) is 113 Å². The molecule has 0 aliphatic rings. The van der Waals surface area contributed by atoms with Gasteiger partial charge in [0, 0.05) is 21.8 Å². The summed E-state index contributed by atoms with van der Waals surface area (Å²) in [5.41, 5.74) is 7.22. The lowest BCUT2D eigenvalue weighted by molar-refractivity contribution is 0.0618. The fourth-order valence-corrected chi connectivity index (χ4v) is 3.86. The van der Waals surface area contributed by atoms with Gasteiger partial charge in [-0.15, -0.1) is 12.4 Å². The SMILES string of the molecule is CCCc1nc(-c2ccc(Sc3ccc(C(O)CC(N)(CO)CO)cc3)cc2)co1.Cl. The maximum atomic E-state index is 10.4. The molecule has 168 valence electrons. The summed E-state index contributed by atoms with van der Waals surface area (Å²) >= 11 is 1.62. The Morgan fingerprint density at radius 3 is 2.16 bits per heavy atom. The lowest BCUT2D eigenvalue weighted by atomic mass is 9.92. The van der Waals surface area contributed by atoms with Crippen LogP contribution in [-0.4, -0.2) is 39.1 Å². The van der Waals surface area contributed by atoms with Crippen LogP contribution in [0.25, 0.3) is 11.3 Å². The minimum absolute atomic E-state index is 0. The molecular weight excluding hydrogens is 436 g/mol. The predicted molar refractivity (Wildman–Crippen MR) is 124 cm³/mol. The number of aromatic nitrogens is 1. The normalized spacial score (nSPS) is 12.4. The summed E-state index contributed by atoms with van der Waals surface area (Å²) < 4.78 is 5.49. The number of aliphatic hydroxyl groups excluding tert-OH is 3. The first kappa shape index (κ1) is 25.4. The fraction of sp³-hybridized carbons (Fsp3) is 0.348. The zero-order valence-corrected chi connectivity index (χ0v) is 19.0. The zero-order valence-electron chi connectivity index (χ0n) is 17.4. The molecule has 1 aromatic heterocycles. The third kappa shape index (κ3) is 6.80. The van der Waals surface area contributed by atoms with Crippen LogP contribution in [0, 0.1) is 0 Å². The van der Waals surface area contributed by atoms with Crippen molar-refractivity contribution in [2.45, 2.75) is 47.6 Å². The van der Waals surface area contributed by atoms with Gasteiger partial charge in [0.05, 0.1) is 24.9 Å². The number of hydrogen-bond donors (Lipinski definition) is 4. The van der Waals surface area contributed by atoms with Gasteiger partial charge in [-0.25, -0.2) is 4.98 Å². The van der Waals surface area contributed by atoms with E-state index in [0.717, 1.165) is 39.8 Å². The van der Waals surface area contributed by atoms with Gasteiger partial charge < -0.3 is 25.5 Å². The highest BCUT2D eigenvalue weighted by atomic mass is 35.5. The Labute approximate surface area is 192 Å².